The highest BCUT2D eigenvalue weighted by Gasteiger charge is 2.25. The molecule has 0 aliphatic carbocycles. The van der Waals surface area contributed by atoms with E-state index in [0.29, 0.717) is 0 Å². The molecular formula is C14H14F2INO4. The molecule has 22 heavy (non-hydrogen) atoms. The van der Waals surface area contributed by atoms with E-state index in [-0.39, 0.29) is 10.2 Å². The summed E-state index contributed by atoms with van der Waals surface area (Å²) >= 11 is 1.69. The lowest BCUT2D eigenvalue weighted by Crippen LogP contribution is -2.40. The molecule has 0 unspecified atom stereocenters. The molecule has 0 amide bonds. The summed E-state index contributed by atoms with van der Waals surface area (Å²) in [6.07, 6.45) is 0.873. The molecule has 5 nitrogen and oxygen atoms in total. The number of halogens is 3. The third-order valence-corrected chi connectivity index (χ3v) is 3.34. The van der Waals surface area contributed by atoms with Crippen LogP contribution in [-0.2, 0) is 4.79 Å². The van der Waals surface area contributed by atoms with Crippen LogP contribution in [0.1, 0.15) is 24.2 Å². The standard InChI is InChI=1S/C14H14F2INO4/c1-14(2,6-19)18-5-9(13(21)22)12(20)8-3-7(17)4-10(15)11(8)16/h3-5,18-19H,6H2,1-2H3,(H,21,22). The van der Waals surface area contributed by atoms with Gasteiger partial charge in [0.2, 0.25) is 5.78 Å². The lowest BCUT2D eigenvalue weighted by Gasteiger charge is -2.22. The zero-order valence-electron chi connectivity index (χ0n) is 11.8. The van der Waals surface area contributed by atoms with E-state index in [4.69, 9.17) is 10.2 Å². The maximum Gasteiger partial charge on any atom is 0.341 e. The van der Waals surface area contributed by atoms with Crippen LogP contribution < -0.4 is 5.32 Å². The van der Waals surface area contributed by atoms with Crippen molar-refractivity contribution in [3.63, 3.8) is 0 Å². The summed E-state index contributed by atoms with van der Waals surface area (Å²) in [4.78, 5) is 23.3. The van der Waals surface area contributed by atoms with Crippen LogP contribution in [0, 0.1) is 15.2 Å². The minimum atomic E-state index is -1.59. The van der Waals surface area contributed by atoms with Gasteiger partial charge in [-0.3, -0.25) is 4.79 Å². The number of carbonyl (C=O) groups excluding carboxylic acids is 1. The lowest BCUT2D eigenvalue weighted by molar-refractivity contribution is -0.132. The van der Waals surface area contributed by atoms with Gasteiger partial charge >= 0.3 is 5.97 Å². The fourth-order valence-electron chi connectivity index (χ4n) is 1.40. The Bertz CT molecular complexity index is 644. The number of carboxylic acid groups (broad SMARTS) is 1. The summed E-state index contributed by atoms with van der Waals surface area (Å²) in [6, 6.07) is 1.96. The molecule has 0 aliphatic heterocycles. The molecule has 0 atom stereocenters. The zero-order chi connectivity index (χ0) is 17.1. The molecule has 0 aliphatic rings. The van der Waals surface area contributed by atoms with Gasteiger partial charge in [0.25, 0.3) is 0 Å². The first-order valence-electron chi connectivity index (χ1n) is 6.10. The van der Waals surface area contributed by atoms with E-state index >= 15 is 0 Å². The Hall–Kier alpha value is -1.55. The van der Waals surface area contributed by atoms with Crippen LogP contribution in [0.5, 0.6) is 0 Å². The SMILES string of the molecule is CC(C)(CO)NC=C(C(=O)O)C(=O)c1cc(I)cc(F)c1F. The Morgan fingerprint density at radius 3 is 2.45 bits per heavy atom. The molecule has 120 valence electrons. The number of rotatable bonds is 6. The number of ketones is 1. The number of aliphatic hydroxyl groups is 1. The van der Waals surface area contributed by atoms with Crippen LogP contribution in [0.3, 0.4) is 0 Å². The first-order chi connectivity index (χ1) is 10.1. The molecule has 0 saturated carbocycles. The summed E-state index contributed by atoms with van der Waals surface area (Å²) in [5, 5.41) is 20.7. The molecule has 0 fully saturated rings. The van der Waals surface area contributed by atoms with Crippen molar-refractivity contribution < 1.29 is 28.6 Å². The average Bonchev–Trinajstić information content (AvgIpc) is 2.42. The molecule has 1 aromatic rings. The number of aliphatic hydroxyl groups excluding tert-OH is 1. The molecule has 0 bridgehead atoms. The third kappa shape index (κ3) is 4.47. The predicted molar refractivity (Wildman–Crippen MR) is 83.4 cm³/mol. The van der Waals surface area contributed by atoms with Gasteiger partial charge in [-0.05, 0) is 48.6 Å². The Labute approximate surface area is 139 Å². The van der Waals surface area contributed by atoms with Gasteiger partial charge in [0.05, 0.1) is 17.7 Å². The van der Waals surface area contributed by atoms with Gasteiger partial charge in [-0.15, -0.1) is 0 Å². The van der Waals surface area contributed by atoms with Gasteiger partial charge in [-0.2, -0.15) is 0 Å². The maximum absolute atomic E-state index is 13.7. The first kappa shape index (κ1) is 18.5. The van der Waals surface area contributed by atoms with Crippen LogP contribution in [-0.4, -0.2) is 34.1 Å². The summed E-state index contributed by atoms with van der Waals surface area (Å²) < 4.78 is 27.3. The van der Waals surface area contributed by atoms with Crippen LogP contribution in [0.15, 0.2) is 23.9 Å². The van der Waals surface area contributed by atoms with Gasteiger partial charge in [-0.1, -0.05) is 0 Å². The number of Topliss-reactive ketones (excluding diaryl/α,β-unsaturated/α-hetero) is 1. The maximum atomic E-state index is 13.7. The van der Waals surface area contributed by atoms with E-state index in [2.05, 4.69) is 5.32 Å². The lowest BCUT2D eigenvalue weighted by atomic mass is 10.0. The summed E-state index contributed by atoms with van der Waals surface area (Å²) in [6.45, 7) is 2.81. The zero-order valence-corrected chi connectivity index (χ0v) is 13.9. The second-order valence-electron chi connectivity index (χ2n) is 5.13. The molecule has 0 heterocycles. The molecule has 0 aromatic heterocycles. The highest BCUT2D eigenvalue weighted by atomic mass is 127. The molecule has 0 saturated heterocycles. The highest BCUT2D eigenvalue weighted by molar-refractivity contribution is 14.1. The van der Waals surface area contributed by atoms with E-state index in [9.17, 15) is 18.4 Å². The second-order valence-corrected chi connectivity index (χ2v) is 6.37. The number of aliphatic carboxylic acids is 1. The largest absolute Gasteiger partial charge is 0.477 e. The smallest absolute Gasteiger partial charge is 0.341 e. The molecular weight excluding hydrogens is 411 g/mol. The van der Waals surface area contributed by atoms with Crippen LogP contribution in [0.2, 0.25) is 0 Å². The minimum absolute atomic E-state index is 0.258. The summed E-state index contributed by atoms with van der Waals surface area (Å²) in [5.41, 5.74) is -2.31. The number of benzene rings is 1. The second kappa shape index (κ2) is 7.14. The number of hydrogen-bond acceptors (Lipinski definition) is 4. The van der Waals surface area contributed by atoms with Crippen molar-refractivity contribution in [1.82, 2.24) is 5.32 Å². The highest BCUT2D eigenvalue weighted by Crippen LogP contribution is 2.20. The van der Waals surface area contributed by atoms with E-state index in [1.165, 1.54) is 0 Å². The first-order valence-corrected chi connectivity index (χ1v) is 7.18. The predicted octanol–water partition coefficient (Wildman–Crippen LogP) is 2.08. The Kier molecular flexibility index (Phi) is 6.00. The van der Waals surface area contributed by atoms with Gasteiger partial charge < -0.3 is 15.5 Å². The van der Waals surface area contributed by atoms with Crippen LogP contribution in [0.25, 0.3) is 0 Å². The number of hydrogen-bond donors (Lipinski definition) is 3. The number of carboxylic acids is 1. The van der Waals surface area contributed by atoms with Crippen molar-refractivity contribution in [2.75, 3.05) is 6.61 Å². The van der Waals surface area contributed by atoms with Crippen molar-refractivity contribution in [2.45, 2.75) is 19.4 Å². The van der Waals surface area contributed by atoms with E-state index in [1.54, 1.807) is 36.4 Å². The fourth-order valence-corrected chi connectivity index (χ4v) is 1.99. The minimum Gasteiger partial charge on any atom is -0.477 e. The van der Waals surface area contributed by atoms with Crippen LogP contribution >= 0.6 is 22.6 Å². The normalized spacial score (nSPS) is 12.2. The van der Waals surface area contributed by atoms with E-state index in [0.717, 1.165) is 18.3 Å². The van der Waals surface area contributed by atoms with E-state index in [1.807, 2.05) is 0 Å². The van der Waals surface area contributed by atoms with Crippen molar-refractivity contribution in [2.24, 2.45) is 0 Å². The molecule has 1 aromatic carbocycles. The summed E-state index contributed by atoms with van der Waals surface area (Å²) in [7, 11) is 0. The molecule has 3 N–H and O–H groups in total. The van der Waals surface area contributed by atoms with Gasteiger partial charge in [0.15, 0.2) is 11.6 Å². The Morgan fingerprint density at radius 2 is 1.95 bits per heavy atom. The van der Waals surface area contributed by atoms with Crippen molar-refractivity contribution in [3.8, 4) is 0 Å². The van der Waals surface area contributed by atoms with Gasteiger partial charge in [0.1, 0.15) is 5.57 Å². The quantitative estimate of drug-likeness (QED) is 0.162. The Morgan fingerprint density at radius 1 is 1.36 bits per heavy atom. The number of nitrogens with one attached hydrogen (secondary N) is 1. The third-order valence-electron chi connectivity index (χ3n) is 2.72. The molecule has 1 rings (SSSR count). The topological polar surface area (TPSA) is 86.6 Å². The van der Waals surface area contributed by atoms with Crippen molar-refractivity contribution in [1.29, 1.82) is 0 Å². The molecule has 0 radical (unpaired) electrons. The fraction of sp³-hybridized carbons (Fsp3) is 0.286. The molecule has 0 spiro atoms. The summed E-state index contributed by atoms with van der Waals surface area (Å²) in [5.74, 6) is -5.39. The van der Waals surface area contributed by atoms with Gasteiger partial charge in [-0.25, -0.2) is 13.6 Å². The average molecular weight is 425 g/mol. The van der Waals surface area contributed by atoms with E-state index < -0.39 is 40.1 Å². The Balaban J connectivity index is 3.26. The van der Waals surface area contributed by atoms with Crippen LogP contribution in [0.4, 0.5) is 8.78 Å². The number of carbonyl (C=O) groups is 2. The van der Waals surface area contributed by atoms with Crippen molar-refractivity contribution >= 4 is 34.3 Å². The van der Waals surface area contributed by atoms with Gasteiger partial charge in [0, 0.05) is 9.77 Å². The van der Waals surface area contributed by atoms with Crippen molar-refractivity contribution in [3.05, 3.63) is 44.7 Å². The molecule has 8 heteroatoms. The monoisotopic (exact) mass is 425 g/mol.